The van der Waals surface area contributed by atoms with Crippen LogP contribution >= 0.6 is 31.9 Å². The number of rotatable bonds is 8. The summed E-state index contributed by atoms with van der Waals surface area (Å²) in [6.07, 6.45) is 7.55. The van der Waals surface area contributed by atoms with E-state index >= 15 is 0 Å². The van der Waals surface area contributed by atoms with Crippen molar-refractivity contribution in [3.05, 3.63) is 151 Å². The van der Waals surface area contributed by atoms with Crippen LogP contribution in [0.1, 0.15) is 55.0 Å². The predicted molar refractivity (Wildman–Crippen MR) is 173 cm³/mol. The molecule has 0 N–H and O–H groups in total. The Morgan fingerprint density at radius 1 is 0.564 bits per heavy atom. The predicted octanol–water partition coefficient (Wildman–Crippen LogP) is 10.1. The quantitative estimate of drug-likeness (QED) is 0.188. The van der Waals surface area contributed by atoms with Gasteiger partial charge in [0, 0.05) is 8.95 Å². The molecule has 0 aliphatic heterocycles. The molecule has 4 aromatic carbocycles. The highest BCUT2D eigenvalue weighted by Crippen LogP contribution is 2.38. The van der Waals surface area contributed by atoms with Crippen LogP contribution in [0.3, 0.4) is 0 Å². The van der Waals surface area contributed by atoms with Crippen molar-refractivity contribution in [3.63, 3.8) is 0 Å². The summed E-state index contributed by atoms with van der Waals surface area (Å²) < 4.78 is 31.0. The first-order valence-corrected chi connectivity index (χ1v) is 16.0. The third kappa shape index (κ3) is 6.89. The Balaban J connectivity index is 1.87. The first-order valence-electron chi connectivity index (χ1n) is 12.8. The summed E-state index contributed by atoms with van der Waals surface area (Å²) in [5.74, 6) is 0. The topological polar surface area (TPSA) is 34.1 Å². The van der Waals surface area contributed by atoms with E-state index in [1.807, 2.05) is 97.1 Å². The van der Waals surface area contributed by atoms with E-state index in [2.05, 4.69) is 71.7 Å². The molecule has 2 nitrogen and oxygen atoms in total. The number of aryl methyl sites for hydroxylation is 2. The largest absolute Gasteiger partial charge is 0.227 e. The molecule has 0 radical (unpaired) electrons. The van der Waals surface area contributed by atoms with Gasteiger partial charge in [0.15, 0.2) is 9.84 Å². The van der Waals surface area contributed by atoms with Gasteiger partial charge in [-0.05, 0) is 96.5 Å². The van der Waals surface area contributed by atoms with E-state index in [4.69, 9.17) is 0 Å². The minimum Gasteiger partial charge on any atom is -0.227 e. The van der Waals surface area contributed by atoms with Crippen molar-refractivity contribution < 1.29 is 8.42 Å². The van der Waals surface area contributed by atoms with Crippen LogP contribution in [0.15, 0.2) is 106 Å². The van der Waals surface area contributed by atoms with Crippen LogP contribution in [-0.2, 0) is 9.84 Å². The van der Waals surface area contributed by atoms with E-state index in [0.29, 0.717) is 0 Å². The second-order valence-corrected chi connectivity index (χ2v) is 13.9. The summed E-state index contributed by atoms with van der Waals surface area (Å²) >= 11 is 6.98. The zero-order chi connectivity index (χ0) is 28.2. The standard InChI is InChI=1S/C34H32Br2O2S/c1-23-7-5-9-27(25(23)3)15-21-33(29-11-17-31(35)18-12-29)39(37,38)34(30-13-19-32(36)20-14-30)22-16-28-10-6-8-24(2)26(28)4/h5-22,33-34H,1-4H3/b21-15-,22-16-. The molecule has 5 heteroatoms. The van der Waals surface area contributed by atoms with Crippen molar-refractivity contribution >= 4 is 53.8 Å². The summed E-state index contributed by atoms with van der Waals surface area (Å²) in [4.78, 5) is 0. The van der Waals surface area contributed by atoms with Crippen LogP contribution in [0.4, 0.5) is 0 Å². The molecule has 0 spiro atoms. The van der Waals surface area contributed by atoms with Gasteiger partial charge >= 0.3 is 0 Å². The van der Waals surface area contributed by atoms with Gasteiger partial charge in [0.1, 0.15) is 10.5 Å². The van der Waals surface area contributed by atoms with Crippen LogP contribution in [0.2, 0.25) is 0 Å². The van der Waals surface area contributed by atoms with Crippen molar-refractivity contribution in [1.29, 1.82) is 0 Å². The number of hydrogen-bond donors (Lipinski definition) is 0. The summed E-state index contributed by atoms with van der Waals surface area (Å²) in [6, 6.07) is 27.3. The van der Waals surface area contributed by atoms with Crippen molar-refractivity contribution in [2.75, 3.05) is 0 Å². The molecule has 0 fully saturated rings. The smallest absolute Gasteiger partial charge is 0.171 e. The normalized spacial score (nSPS) is 13.7. The van der Waals surface area contributed by atoms with E-state index < -0.39 is 20.3 Å². The van der Waals surface area contributed by atoms with Gasteiger partial charge in [0.2, 0.25) is 0 Å². The Morgan fingerprint density at radius 2 is 0.923 bits per heavy atom. The third-order valence-electron chi connectivity index (χ3n) is 7.30. The molecule has 4 rings (SSSR count). The molecule has 4 aromatic rings. The van der Waals surface area contributed by atoms with E-state index in [0.717, 1.165) is 42.3 Å². The SMILES string of the molecule is Cc1cccc(/C=C\C(c2ccc(Br)cc2)S(=O)(=O)C(/C=C\c2cccc(C)c2C)c2ccc(Br)cc2)c1C. The fourth-order valence-corrected chi connectivity index (χ4v) is 7.09. The molecule has 0 aromatic heterocycles. The molecule has 0 heterocycles. The monoisotopic (exact) mass is 662 g/mol. The van der Waals surface area contributed by atoms with Gasteiger partial charge in [-0.1, -0.05) is 117 Å². The minimum atomic E-state index is -3.79. The lowest BCUT2D eigenvalue weighted by Gasteiger charge is -2.22. The number of benzene rings is 4. The molecule has 0 saturated heterocycles. The summed E-state index contributed by atoms with van der Waals surface area (Å²) in [7, 11) is -3.79. The number of sulfone groups is 1. The van der Waals surface area contributed by atoms with E-state index in [1.165, 1.54) is 11.1 Å². The average Bonchev–Trinajstić information content (AvgIpc) is 2.91. The molecule has 0 aliphatic rings. The average molecular weight is 665 g/mol. The Bertz CT molecular complexity index is 1500. The zero-order valence-corrected chi connectivity index (χ0v) is 26.5. The molecule has 200 valence electrons. The highest BCUT2D eigenvalue weighted by atomic mass is 79.9. The first-order chi connectivity index (χ1) is 18.6. The van der Waals surface area contributed by atoms with Crippen LogP contribution in [0, 0.1) is 27.7 Å². The van der Waals surface area contributed by atoms with Crippen LogP contribution in [0.25, 0.3) is 12.2 Å². The lowest BCUT2D eigenvalue weighted by Crippen LogP contribution is -2.19. The molecule has 2 atom stereocenters. The molecule has 0 saturated carbocycles. The minimum absolute atomic E-state index is 0.724. The van der Waals surface area contributed by atoms with Crippen LogP contribution in [0.5, 0.6) is 0 Å². The molecular formula is C34H32Br2O2S. The molecule has 2 unspecified atom stereocenters. The Kier molecular flexibility index (Phi) is 9.47. The number of halogens is 2. The van der Waals surface area contributed by atoms with E-state index in [-0.39, 0.29) is 0 Å². The lowest BCUT2D eigenvalue weighted by molar-refractivity contribution is 0.584. The van der Waals surface area contributed by atoms with Gasteiger partial charge in [-0.15, -0.1) is 0 Å². The van der Waals surface area contributed by atoms with Gasteiger partial charge < -0.3 is 0 Å². The highest BCUT2D eigenvalue weighted by molar-refractivity contribution is 9.10. The maximum atomic E-state index is 14.6. The molecule has 39 heavy (non-hydrogen) atoms. The maximum Gasteiger partial charge on any atom is 0.171 e. The van der Waals surface area contributed by atoms with Gasteiger partial charge in [0.25, 0.3) is 0 Å². The van der Waals surface area contributed by atoms with Gasteiger partial charge in [-0.25, -0.2) is 8.42 Å². The Morgan fingerprint density at radius 3 is 1.28 bits per heavy atom. The van der Waals surface area contributed by atoms with Crippen LogP contribution < -0.4 is 0 Å². The first kappa shape index (κ1) is 29.3. The van der Waals surface area contributed by atoms with Crippen molar-refractivity contribution in [2.45, 2.75) is 38.2 Å². The zero-order valence-electron chi connectivity index (χ0n) is 22.5. The van der Waals surface area contributed by atoms with Crippen molar-refractivity contribution in [2.24, 2.45) is 0 Å². The third-order valence-corrected chi connectivity index (χ3v) is 10.6. The number of hydrogen-bond acceptors (Lipinski definition) is 2. The molecule has 0 aliphatic carbocycles. The van der Waals surface area contributed by atoms with Gasteiger partial charge in [-0.3, -0.25) is 0 Å². The molecule has 0 amide bonds. The fourth-order valence-electron chi connectivity index (χ4n) is 4.57. The summed E-state index contributed by atoms with van der Waals surface area (Å²) in [5, 5.41) is -1.69. The molecule has 0 bridgehead atoms. The van der Waals surface area contributed by atoms with Crippen molar-refractivity contribution in [1.82, 2.24) is 0 Å². The Hall–Kier alpha value is -2.73. The van der Waals surface area contributed by atoms with E-state index in [1.54, 1.807) is 0 Å². The second kappa shape index (κ2) is 12.6. The fraction of sp³-hybridized carbons (Fsp3) is 0.176. The summed E-state index contributed by atoms with van der Waals surface area (Å²) in [5.41, 5.74) is 8.09. The second-order valence-electron chi connectivity index (χ2n) is 9.83. The summed E-state index contributed by atoms with van der Waals surface area (Å²) in [6.45, 7) is 8.26. The Labute approximate surface area is 249 Å². The highest BCUT2D eigenvalue weighted by Gasteiger charge is 2.33. The van der Waals surface area contributed by atoms with Gasteiger partial charge in [0.05, 0.1) is 0 Å². The van der Waals surface area contributed by atoms with Crippen LogP contribution in [-0.4, -0.2) is 8.42 Å². The van der Waals surface area contributed by atoms with Gasteiger partial charge in [-0.2, -0.15) is 0 Å². The van der Waals surface area contributed by atoms with E-state index in [9.17, 15) is 8.42 Å². The lowest BCUT2D eigenvalue weighted by atomic mass is 10.0. The molecular weight excluding hydrogens is 632 g/mol. The van der Waals surface area contributed by atoms with Crippen molar-refractivity contribution in [3.8, 4) is 0 Å². The maximum absolute atomic E-state index is 14.6.